The van der Waals surface area contributed by atoms with Gasteiger partial charge in [-0.05, 0) is 37.6 Å². The number of hydrogen-bond acceptors (Lipinski definition) is 6. The average molecular weight is 393 g/mol. The molecule has 0 saturated carbocycles. The van der Waals surface area contributed by atoms with E-state index < -0.39 is 10.0 Å². The Hall–Kier alpha value is -2.58. The Kier molecular flexibility index (Phi) is 5.15. The third-order valence-electron chi connectivity index (χ3n) is 3.67. The zero-order chi connectivity index (χ0) is 18.7. The van der Waals surface area contributed by atoms with Gasteiger partial charge in [-0.2, -0.15) is 0 Å². The highest BCUT2D eigenvalue weighted by molar-refractivity contribution is 7.92. The van der Waals surface area contributed by atoms with Gasteiger partial charge < -0.3 is 9.84 Å². The number of aryl methyl sites for hydroxylation is 2. The standard InChI is InChI=1S/C17H17ClN4O3S/c1-11-17(12(2)25-21-11)26(23,24)22-14-7-8-16(20-10-14)19-9-13-5-3-4-6-15(13)18/h3-8,10,22H,9H2,1-2H3,(H,19,20). The Morgan fingerprint density at radius 1 is 1.15 bits per heavy atom. The van der Waals surface area contributed by atoms with Gasteiger partial charge >= 0.3 is 0 Å². The maximum absolute atomic E-state index is 12.5. The molecule has 0 saturated heterocycles. The van der Waals surface area contributed by atoms with Crippen LogP contribution >= 0.6 is 11.6 Å². The van der Waals surface area contributed by atoms with Gasteiger partial charge in [0.25, 0.3) is 10.0 Å². The lowest BCUT2D eigenvalue weighted by atomic mass is 10.2. The van der Waals surface area contributed by atoms with Crippen LogP contribution in [0.5, 0.6) is 0 Å². The number of sulfonamides is 1. The van der Waals surface area contributed by atoms with E-state index in [1.807, 2.05) is 24.3 Å². The molecule has 3 rings (SSSR count). The van der Waals surface area contributed by atoms with Crippen molar-refractivity contribution in [2.45, 2.75) is 25.3 Å². The van der Waals surface area contributed by atoms with Crippen molar-refractivity contribution in [2.75, 3.05) is 10.0 Å². The smallest absolute Gasteiger partial charge is 0.267 e. The van der Waals surface area contributed by atoms with Crippen LogP contribution in [0.15, 0.2) is 52.0 Å². The summed E-state index contributed by atoms with van der Waals surface area (Å²) in [6.07, 6.45) is 1.44. The van der Waals surface area contributed by atoms with Gasteiger partial charge in [0.2, 0.25) is 0 Å². The topological polar surface area (TPSA) is 97.1 Å². The van der Waals surface area contributed by atoms with Crippen LogP contribution in [0.4, 0.5) is 11.5 Å². The van der Waals surface area contributed by atoms with E-state index in [0.29, 0.717) is 28.8 Å². The minimum atomic E-state index is -3.79. The molecule has 0 atom stereocenters. The van der Waals surface area contributed by atoms with Crippen LogP contribution < -0.4 is 10.0 Å². The molecule has 2 N–H and O–H groups in total. The zero-order valence-corrected chi connectivity index (χ0v) is 15.7. The van der Waals surface area contributed by atoms with Crippen molar-refractivity contribution in [3.63, 3.8) is 0 Å². The van der Waals surface area contributed by atoms with E-state index in [-0.39, 0.29) is 10.7 Å². The van der Waals surface area contributed by atoms with Crippen LogP contribution in [0.1, 0.15) is 17.0 Å². The van der Waals surface area contributed by atoms with Gasteiger partial charge in [0, 0.05) is 11.6 Å². The molecule has 9 heteroatoms. The SMILES string of the molecule is Cc1noc(C)c1S(=O)(=O)Nc1ccc(NCc2ccccc2Cl)nc1. The molecule has 0 radical (unpaired) electrons. The van der Waals surface area contributed by atoms with Crippen LogP contribution in [0.2, 0.25) is 5.02 Å². The average Bonchev–Trinajstić information content (AvgIpc) is 2.94. The summed E-state index contributed by atoms with van der Waals surface area (Å²) < 4.78 is 32.3. The predicted octanol–water partition coefficient (Wildman–Crippen LogP) is 3.75. The number of halogens is 1. The fourth-order valence-electron chi connectivity index (χ4n) is 2.45. The van der Waals surface area contributed by atoms with Crippen LogP contribution in [-0.4, -0.2) is 18.6 Å². The molecule has 136 valence electrons. The van der Waals surface area contributed by atoms with E-state index in [0.717, 1.165) is 5.56 Å². The third kappa shape index (κ3) is 3.97. The van der Waals surface area contributed by atoms with Gasteiger partial charge in [-0.3, -0.25) is 4.72 Å². The zero-order valence-electron chi connectivity index (χ0n) is 14.2. The van der Waals surface area contributed by atoms with Crippen molar-refractivity contribution < 1.29 is 12.9 Å². The number of pyridine rings is 1. The molecule has 0 aliphatic rings. The summed E-state index contributed by atoms with van der Waals surface area (Å²) in [6, 6.07) is 10.8. The van der Waals surface area contributed by atoms with Gasteiger partial charge in [0.15, 0.2) is 10.7 Å². The summed E-state index contributed by atoms with van der Waals surface area (Å²) in [5, 5.41) is 7.48. The first kappa shape index (κ1) is 18.2. The van der Waals surface area contributed by atoms with Crippen molar-refractivity contribution >= 4 is 33.1 Å². The van der Waals surface area contributed by atoms with E-state index in [9.17, 15) is 8.42 Å². The van der Waals surface area contributed by atoms with Gasteiger partial charge in [-0.15, -0.1) is 0 Å². The molecule has 0 aliphatic carbocycles. The number of rotatable bonds is 6. The predicted molar refractivity (Wildman–Crippen MR) is 99.8 cm³/mol. The summed E-state index contributed by atoms with van der Waals surface area (Å²) in [5.41, 5.74) is 1.59. The molecule has 2 heterocycles. The van der Waals surface area contributed by atoms with Gasteiger partial charge in [0.1, 0.15) is 11.5 Å². The van der Waals surface area contributed by atoms with Crippen molar-refractivity contribution in [3.8, 4) is 0 Å². The summed E-state index contributed by atoms with van der Waals surface area (Å²) in [7, 11) is -3.79. The van der Waals surface area contributed by atoms with Crippen LogP contribution in [0.25, 0.3) is 0 Å². The fraction of sp³-hybridized carbons (Fsp3) is 0.176. The van der Waals surface area contributed by atoms with Crippen LogP contribution in [0, 0.1) is 13.8 Å². The Balaban J connectivity index is 1.69. The van der Waals surface area contributed by atoms with Crippen molar-refractivity contribution in [3.05, 3.63) is 64.6 Å². The Labute approximate surface area is 156 Å². The molecule has 7 nitrogen and oxygen atoms in total. The lowest BCUT2D eigenvalue weighted by molar-refractivity contribution is 0.390. The molecule has 2 aromatic heterocycles. The fourth-order valence-corrected chi connectivity index (χ4v) is 4.03. The highest BCUT2D eigenvalue weighted by Gasteiger charge is 2.24. The van der Waals surface area contributed by atoms with Crippen molar-refractivity contribution in [1.29, 1.82) is 0 Å². The number of aromatic nitrogens is 2. The van der Waals surface area contributed by atoms with E-state index in [1.54, 1.807) is 26.0 Å². The molecule has 0 aliphatic heterocycles. The molecule has 0 amide bonds. The summed E-state index contributed by atoms with van der Waals surface area (Å²) >= 11 is 6.11. The maximum atomic E-state index is 12.5. The van der Waals surface area contributed by atoms with E-state index in [2.05, 4.69) is 20.2 Å². The first-order valence-electron chi connectivity index (χ1n) is 7.76. The second kappa shape index (κ2) is 7.35. The minimum Gasteiger partial charge on any atom is -0.366 e. The molecule has 3 aromatic rings. The lowest BCUT2D eigenvalue weighted by Gasteiger charge is -2.10. The van der Waals surface area contributed by atoms with Crippen molar-refractivity contribution in [2.24, 2.45) is 0 Å². The molecule has 0 unspecified atom stereocenters. The summed E-state index contributed by atoms with van der Waals surface area (Å²) in [5.74, 6) is 0.839. The van der Waals surface area contributed by atoms with Crippen LogP contribution in [0.3, 0.4) is 0 Å². The van der Waals surface area contributed by atoms with Gasteiger partial charge in [0.05, 0.1) is 11.9 Å². The molecule has 0 bridgehead atoms. The monoisotopic (exact) mass is 392 g/mol. The van der Waals surface area contributed by atoms with Crippen molar-refractivity contribution in [1.82, 2.24) is 10.1 Å². The summed E-state index contributed by atoms with van der Waals surface area (Å²) in [6.45, 7) is 3.64. The van der Waals surface area contributed by atoms with E-state index in [1.165, 1.54) is 6.20 Å². The van der Waals surface area contributed by atoms with Gasteiger partial charge in [-0.25, -0.2) is 13.4 Å². The summed E-state index contributed by atoms with van der Waals surface area (Å²) in [4.78, 5) is 4.25. The number of nitrogens with one attached hydrogen (secondary N) is 2. The molecule has 0 spiro atoms. The highest BCUT2D eigenvalue weighted by Crippen LogP contribution is 2.22. The molecule has 1 aromatic carbocycles. The second-order valence-corrected chi connectivity index (χ2v) is 7.66. The lowest BCUT2D eigenvalue weighted by Crippen LogP contribution is -2.14. The number of benzene rings is 1. The first-order chi connectivity index (χ1) is 12.4. The molecular formula is C17H17ClN4O3S. The Morgan fingerprint density at radius 3 is 2.54 bits per heavy atom. The maximum Gasteiger partial charge on any atom is 0.267 e. The molecular weight excluding hydrogens is 376 g/mol. The third-order valence-corrected chi connectivity index (χ3v) is 5.66. The first-order valence-corrected chi connectivity index (χ1v) is 9.62. The molecule has 0 fully saturated rings. The minimum absolute atomic E-state index is 0.0402. The van der Waals surface area contributed by atoms with E-state index >= 15 is 0 Å². The number of hydrogen-bond donors (Lipinski definition) is 2. The Morgan fingerprint density at radius 2 is 1.92 bits per heavy atom. The van der Waals surface area contributed by atoms with Crippen LogP contribution in [-0.2, 0) is 16.6 Å². The van der Waals surface area contributed by atoms with Gasteiger partial charge in [-0.1, -0.05) is 35.0 Å². The highest BCUT2D eigenvalue weighted by atomic mass is 35.5. The molecule has 26 heavy (non-hydrogen) atoms. The quantitative estimate of drug-likeness (QED) is 0.663. The number of anilines is 2. The second-order valence-electron chi connectivity index (χ2n) is 5.64. The number of nitrogens with zero attached hydrogens (tertiary/aromatic N) is 2. The Bertz CT molecular complexity index is 997. The normalized spacial score (nSPS) is 11.3. The largest absolute Gasteiger partial charge is 0.366 e. The van der Waals surface area contributed by atoms with E-state index in [4.69, 9.17) is 16.1 Å².